The number of benzene rings is 1. The summed E-state index contributed by atoms with van der Waals surface area (Å²) in [6.45, 7) is 0. The Balaban J connectivity index is 2.23. The van der Waals surface area contributed by atoms with Crippen molar-refractivity contribution in [1.82, 2.24) is 4.31 Å². The molecule has 0 spiro atoms. The first-order valence-electron chi connectivity index (χ1n) is 6.30. The van der Waals surface area contributed by atoms with Gasteiger partial charge in [-0.1, -0.05) is 0 Å². The number of nitrogens with two attached hydrogens (primary N) is 1. The zero-order valence-electron chi connectivity index (χ0n) is 11.1. The van der Waals surface area contributed by atoms with Crippen molar-refractivity contribution < 1.29 is 13.3 Å². The number of nitro groups is 1. The SMILES string of the molecule is CN(C1CCC(N)C1)S(=O)(=O)c1ccc([N+](=O)[O-])cc1. The van der Waals surface area contributed by atoms with Crippen molar-refractivity contribution >= 4 is 15.7 Å². The van der Waals surface area contributed by atoms with Gasteiger partial charge in [-0.3, -0.25) is 10.1 Å². The maximum Gasteiger partial charge on any atom is 0.269 e. The summed E-state index contributed by atoms with van der Waals surface area (Å²) in [5, 5.41) is 10.6. The van der Waals surface area contributed by atoms with Crippen LogP contribution in [0.3, 0.4) is 0 Å². The van der Waals surface area contributed by atoms with Gasteiger partial charge in [0.2, 0.25) is 10.0 Å². The van der Waals surface area contributed by atoms with E-state index in [1.807, 2.05) is 0 Å². The van der Waals surface area contributed by atoms with E-state index in [1.165, 1.54) is 35.6 Å². The van der Waals surface area contributed by atoms with Gasteiger partial charge in [0.05, 0.1) is 9.82 Å². The third kappa shape index (κ3) is 2.82. The summed E-state index contributed by atoms with van der Waals surface area (Å²) in [5.74, 6) is 0. The molecule has 0 aliphatic heterocycles. The maximum atomic E-state index is 12.4. The Morgan fingerprint density at radius 2 is 1.90 bits per heavy atom. The second-order valence-electron chi connectivity index (χ2n) is 5.00. The molecule has 2 N–H and O–H groups in total. The summed E-state index contributed by atoms with van der Waals surface area (Å²) >= 11 is 0. The summed E-state index contributed by atoms with van der Waals surface area (Å²) in [7, 11) is -2.11. The average molecular weight is 299 g/mol. The predicted octanol–water partition coefficient (Wildman–Crippen LogP) is 1.10. The summed E-state index contributed by atoms with van der Waals surface area (Å²) in [6.07, 6.45) is 2.19. The molecule has 1 aromatic rings. The lowest BCUT2D eigenvalue weighted by Crippen LogP contribution is -2.36. The highest BCUT2D eigenvalue weighted by Crippen LogP contribution is 2.27. The van der Waals surface area contributed by atoms with Gasteiger partial charge in [-0.25, -0.2) is 8.42 Å². The van der Waals surface area contributed by atoms with Crippen LogP contribution >= 0.6 is 0 Å². The van der Waals surface area contributed by atoms with E-state index < -0.39 is 14.9 Å². The maximum absolute atomic E-state index is 12.4. The lowest BCUT2D eigenvalue weighted by molar-refractivity contribution is -0.384. The Hall–Kier alpha value is -1.51. The normalized spacial score (nSPS) is 23.1. The van der Waals surface area contributed by atoms with Gasteiger partial charge in [0.15, 0.2) is 0 Å². The van der Waals surface area contributed by atoms with Crippen LogP contribution in [0.15, 0.2) is 29.2 Å². The molecule has 0 aromatic heterocycles. The molecule has 2 atom stereocenters. The van der Waals surface area contributed by atoms with Gasteiger partial charge < -0.3 is 5.73 Å². The topological polar surface area (TPSA) is 107 Å². The van der Waals surface area contributed by atoms with E-state index in [0.717, 1.165) is 12.8 Å². The third-order valence-electron chi connectivity index (χ3n) is 3.68. The van der Waals surface area contributed by atoms with Crippen LogP contribution in [-0.4, -0.2) is 36.8 Å². The highest BCUT2D eigenvalue weighted by molar-refractivity contribution is 7.89. The summed E-state index contributed by atoms with van der Waals surface area (Å²) in [6, 6.07) is 4.85. The van der Waals surface area contributed by atoms with Gasteiger partial charge in [-0.15, -0.1) is 0 Å². The van der Waals surface area contributed by atoms with E-state index in [-0.39, 0.29) is 22.7 Å². The number of non-ortho nitro benzene ring substituents is 1. The third-order valence-corrected chi connectivity index (χ3v) is 5.61. The Labute approximate surface area is 117 Å². The van der Waals surface area contributed by atoms with E-state index in [4.69, 9.17) is 5.73 Å². The van der Waals surface area contributed by atoms with Gasteiger partial charge in [0.1, 0.15) is 0 Å². The fourth-order valence-corrected chi connectivity index (χ4v) is 3.82. The molecule has 110 valence electrons. The van der Waals surface area contributed by atoms with Crippen LogP contribution in [0.1, 0.15) is 19.3 Å². The zero-order valence-corrected chi connectivity index (χ0v) is 11.9. The van der Waals surface area contributed by atoms with E-state index in [2.05, 4.69) is 0 Å². The standard InChI is InChI=1S/C12H17N3O4S/c1-14(11-3-2-9(13)8-11)20(18,19)12-6-4-10(5-7-12)15(16)17/h4-7,9,11H,2-3,8,13H2,1H3. The lowest BCUT2D eigenvalue weighted by Gasteiger charge is -2.23. The summed E-state index contributed by atoms with van der Waals surface area (Å²) in [5.41, 5.74) is 5.67. The van der Waals surface area contributed by atoms with E-state index in [0.29, 0.717) is 6.42 Å². The van der Waals surface area contributed by atoms with Crippen LogP contribution in [0.25, 0.3) is 0 Å². The molecule has 2 rings (SSSR count). The van der Waals surface area contributed by atoms with E-state index in [1.54, 1.807) is 0 Å². The van der Waals surface area contributed by atoms with Crippen LogP contribution in [0.5, 0.6) is 0 Å². The molecule has 7 nitrogen and oxygen atoms in total. The van der Waals surface area contributed by atoms with Crippen LogP contribution in [0.2, 0.25) is 0 Å². The molecule has 0 saturated heterocycles. The number of sulfonamides is 1. The number of rotatable bonds is 4. The molecule has 0 heterocycles. The first kappa shape index (κ1) is 14.9. The van der Waals surface area contributed by atoms with Crippen molar-refractivity contribution in [3.63, 3.8) is 0 Å². The number of hydrogen-bond donors (Lipinski definition) is 1. The minimum absolute atomic E-state index is 0.0366. The average Bonchev–Trinajstić information content (AvgIpc) is 2.84. The molecule has 0 bridgehead atoms. The van der Waals surface area contributed by atoms with Crippen LogP contribution in [0.4, 0.5) is 5.69 Å². The molecule has 0 amide bonds. The van der Waals surface area contributed by atoms with E-state index >= 15 is 0 Å². The van der Waals surface area contributed by atoms with Gasteiger partial charge in [0, 0.05) is 31.3 Å². The van der Waals surface area contributed by atoms with Crippen LogP contribution < -0.4 is 5.73 Å². The zero-order chi connectivity index (χ0) is 14.9. The summed E-state index contributed by atoms with van der Waals surface area (Å²) < 4.78 is 26.2. The quantitative estimate of drug-likeness (QED) is 0.661. The largest absolute Gasteiger partial charge is 0.328 e. The second-order valence-corrected chi connectivity index (χ2v) is 7.00. The number of nitrogens with zero attached hydrogens (tertiary/aromatic N) is 2. The van der Waals surface area contributed by atoms with Gasteiger partial charge >= 0.3 is 0 Å². The van der Waals surface area contributed by atoms with Crippen LogP contribution in [-0.2, 0) is 10.0 Å². The predicted molar refractivity (Wildman–Crippen MR) is 73.7 cm³/mol. The van der Waals surface area contributed by atoms with Crippen molar-refractivity contribution in [1.29, 1.82) is 0 Å². The molecule has 1 aliphatic carbocycles. The number of hydrogen-bond acceptors (Lipinski definition) is 5. The molecule has 1 saturated carbocycles. The molecule has 1 fully saturated rings. The first-order chi connectivity index (χ1) is 9.32. The molecule has 20 heavy (non-hydrogen) atoms. The smallest absolute Gasteiger partial charge is 0.269 e. The molecule has 8 heteroatoms. The molecule has 1 aliphatic rings. The first-order valence-corrected chi connectivity index (χ1v) is 7.74. The molecule has 1 aromatic carbocycles. The van der Waals surface area contributed by atoms with Gasteiger partial charge in [0.25, 0.3) is 5.69 Å². The van der Waals surface area contributed by atoms with Crippen molar-refractivity contribution in [2.45, 2.75) is 36.2 Å². The monoisotopic (exact) mass is 299 g/mol. The minimum atomic E-state index is -3.63. The van der Waals surface area contributed by atoms with Crippen molar-refractivity contribution in [2.24, 2.45) is 5.73 Å². The molecular weight excluding hydrogens is 282 g/mol. The summed E-state index contributed by atoms with van der Waals surface area (Å²) in [4.78, 5) is 10.1. The Kier molecular flexibility index (Phi) is 4.07. The van der Waals surface area contributed by atoms with Gasteiger partial charge in [-0.2, -0.15) is 4.31 Å². The minimum Gasteiger partial charge on any atom is -0.328 e. The fourth-order valence-electron chi connectivity index (χ4n) is 2.42. The van der Waals surface area contributed by atoms with Crippen molar-refractivity contribution in [3.05, 3.63) is 34.4 Å². The Morgan fingerprint density at radius 1 is 1.30 bits per heavy atom. The Morgan fingerprint density at radius 3 is 2.35 bits per heavy atom. The Bertz CT molecular complexity index is 600. The molecular formula is C12H17N3O4S. The highest BCUT2D eigenvalue weighted by atomic mass is 32.2. The molecule has 2 unspecified atom stereocenters. The number of nitro benzene ring substituents is 1. The van der Waals surface area contributed by atoms with E-state index in [9.17, 15) is 18.5 Å². The lowest BCUT2D eigenvalue weighted by atomic mass is 10.2. The molecule has 0 radical (unpaired) electrons. The second kappa shape index (κ2) is 5.47. The van der Waals surface area contributed by atoms with Gasteiger partial charge in [-0.05, 0) is 31.4 Å². The highest BCUT2D eigenvalue weighted by Gasteiger charge is 2.32. The van der Waals surface area contributed by atoms with Crippen LogP contribution in [0, 0.1) is 10.1 Å². The van der Waals surface area contributed by atoms with Crippen molar-refractivity contribution in [3.8, 4) is 0 Å². The van der Waals surface area contributed by atoms with Crippen molar-refractivity contribution in [2.75, 3.05) is 7.05 Å². The fraction of sp³-hybridized carbons (Fsp3) is 0.500.